The highest BCUT2D eigenvalue weighted by atomic mass is 16.5. The third kappa shape index (κ3) is 5.46. The molecule has 3 heterocycles. The van der Waals surface area contributed by atoms with Crippen molar-refractivity contribution in [2.45, 2.75) is 39.3 Å². The molecule has 0 saturated carbocycles. The van der Waals surface area contributed by atoms with Gasteiger partial charge in [0.15, 0.2) is 0 Å². The molecule has 0 bridgehead atoms. The van der Waals surface area contributed by atoms with Gasteiger partial charge < -0.3 is 14.2 Å². The van der Waals surface area contributed by atoms with Crippen LogP contribution in [0.2, 0.25) is 0 Å². The first-order valence-corrected chi connectivity index (χ1v) is 10.8. The largest absolute Gasteiger partial charge is 0.379 e. The van der Waals surface area contributed by atoms with Crippen LogP contribution in [0.15, 0.2) is 36.7 Å². The molecule has 6 heteroatoms. The van der Waals surface area contributed by atoms with Crippen LogP contribution in [0.4, 0.5) is 0 Å². The summed E-state index contributed by atoms with van der Waals surface area (Å²) in [5, 5.41) is 0. The Morgan fingerprint density at radius 1 is 1.07 bits per heavy atom. The Bertz CT molecular complexity index is 787. The molecule has 1 aromatic carbocycles. The van der Waals surface area contributed by atoms with E-state index in [1.807, 2.05) is 22.6 Å². The first-order valence-electron chi connectivity index (χ1n) is 10.8. The van der Waals surface area contributed by atoms with E-state index in [4.69, 9.17) is 4.74 Å². The Hall–Kier alpha value is -2.18. The molecule has 0 radical (unpaired) electrons. The summed E-state index contributed by atoms with van der Waals surface area (Å²) >= 11 is 0. The molecule has 2 aliphatic rings. The summed E-state index contributed by atoms with van der Waals surface area (Å²) in [6.45, 7) is 8.84. The number of hydrogen-bond donors (Lipinski definition) is 0. The predicted octanol–water partition coefficient (Wildman–Crippen LogP) is 2.51. The molecule has 1 aromatic heterocycles. The summed E-state index contributed by atoms with van der Waals surface area (Å²) < 4.78 is 7.35. The standard InChI is InChI=1S/C23H32N4O2/c1-19-24-8-11-27(19)18-23(28)26-9-6-21(7-10-26)16-20-2-4-22(5-3-20)17-25-12-14-29-15-13-25/h2-5,8,11,21H,6-7,9-10,12-18H2,1H3. The zero-order valence-electron chi connectivity index (χ0n) is 17.4. The van der Waals surface area contributed by atoms with Crippen molar-refractivity contribution < 1.29 is 9.53 Å². The molecule has 0 N–H and O–H groups in total. The first kappa shape index (κ1) is 20.1. The van der Waals surface area contributed by atoms with Crippen molar-refractivity contribution in [2.75, 3.05) is 39.4 Å². The van der Waals surface area contributed by atoms with Crippen LogP contribution in [0.5, 0.6) is 0 Å². The maximum Gasteiger partial charge on any atom is 0.242 e. The molecule has 4 rings (SSSR count). The maximum absolute atomic E-state index is 12.5. The summed E-state index contributed by atoms with van der Waals surface area (Å²) in [5.74, 6) is 1.77. The van der Waals surface area contributed by atoms with Gasteiger partial charge in [-0.25, -0.2) is 4.98 Å². The third-order valence-corrected chi connectivity index (χ3v) is 6.25. The number of ether oxygens (including phenoxy) is 1. The molecule has 0 unspecified atom stereocenters. The lowest BCUT2D eigenvalue weighted by Crippen LogP contribution is -2.40. The van der Waals surface area contributed by atoms with Gasteiger partial charge >= 0.3 is 0 Å². The maximum atomic E-state index is 12.5. The minimum absolute atomic E-state index is 0.206. The number of carbonyl (C=O) groups excluding carboxylic acids is 1. The fourth-order valence-corrected chi connectivity index (χ4v) is 4.33. The fourth-order valence-electron chi connectivity index (χ4n) is 4.33. The van der Waals surface area contributed by atoms with Crippen molar-refractivity contribution >= 4 is 5.91 Å². The second-order valence-electron chi connectivity index (χ2n) is 8.34. The number of carbonyl (C=O) groups is 1. The number of likely N-dealkylation sites (tertiary alicyclic amines) is 1. The Morgan fingerprint density at radius 3 is 2.41 bits per heavy atom. The predicted molar refractivity (Wildman–Crippen MR) is 113 cm³/mol. The van der Waals surface area contributed by atoms with Gasteiger partial charge in [-0.3, -0.25) is 9.69 Å². The second-order valence-corrected chi connectivity index (χ2v) is 8.34. The average molecular weight is 397 g/mol. The summed E-state index contributed by atoms with van der Waals surface area (Å²) in [6.07, 6.45) is 6.92. The number of aryl methyl sites for hydroxylation is 1. The molecule has 1 amide bonds. The van der Waals surface area contributed by atoms with Gasteiger partial charge in [0.1, 0.15) is 12.4 Å². The number of rotatable bonds is 6. The molecule has 2 aromatic rings. The monoisotopic (exact) mass is 396 g/mol. The molecule has 6 nitrogen and oxygen atoms in total. The normalized spacial score (nSPS) is 18.9. The number of imidazole rings is 1. The molecule has 2 aliphatic heterocycles. The zero-order valence-corrected chi connectivity index (χ0v) is 17.4. The van der Waals surface area contributed by atoms with Gasteiger partial charge in [0.05, 0.1) is 13.2 Å². The lowest BCUT2D eigenvalue weighted by Gasteiger charge is -2.32. The fraction of sp³-hybridized carbons (Fsp3) is 0.565. The van der Waals surface area contributed by atoms with Gasteiger partial charge in [-0.05, 0) is 43.2 Å². The van der Waals surface area contributed by atoms with Crippen LogP contribution in [0.25, 0.3) is 0 Å². The van der Waals surface area contributed by atoms with Gasteiger partial charge in [-0.1, -0.05) is 24.3 Å². The van der Waals surface area contributed by atoms with E-state index in [0.29, 0.717) is 12.5 Å². The smallest absolute Gasteiger partial charge is 0.242 e. The highest BCUT2D eigenvalue weighted by molar-refractivity contribution is 5.76. The van der Waals surface area contributed by atoms with Crippen molar-refractivity contribution in [1.29, 1.82) is 0 Å². The van der Waals surface area contributed by atoms with E-state index in [0.717, 1.165) is 71.0 Å². The summed E-state index contributed by atoms with van der Waals surface area (Å²) in [5.41, 5.74) is 2.79. The third-order valence-electron chi connectivity index (χ3n) is 6.25. The van der Waals surface area contributed by atoms with Crippen molar-refractivity contribution in [3.05, 3.63) is 53.6 Å². The van der Waals surface area contributed by atoms with Crippen molar-refractivity contribution in [2.24, 2.45) is 5.92 Å². The summed E-state index contributed by atoms with van der Waals surface area (Å²) in [4.78, 5) is 21.2. The van der Waals surface area contributed by atoms with Gasteiger partial charge in [0.25, 0.3) is 0 Å². The summed E-state index contributed by atoms with van der Waals surface area (Å²) in [7, 11) is 0. The van der Waals surface area contributed by atoms with Crippen molar-refractivity contribution in [1.82, 2.24) is 19.4 Å². The minimum Gasteiger partial charge on any atom is -0.379 e. The van der Waals surface area contributed by atoms with E-state index >= 15 is 0 Å². The number of nitrogens with zero attached hydrogens (tertiary/aromatic N) is 4. The van der Waals surface area contributed by atoms with Crippen LogP contribution in [0.1, 0.15) is 29.8 Å². The number of morpholine rings is 1. The van der Waals surface area contributed by atoms with Crippen LogP contribution in [0, 0.1) is 12.8 Å². The van der Waals surface area contributed by atoms with Gasteiger partial charge in [-0.2, -0.15) is 0 Å². The lowest BCUT2D eigenvalue weighted by atomic mass is 9.90. The lowest BCUT2D eigenvalue weighted by molar-refractivity contribution is -0.133. The highest BCUT2D eigenvalue weighted by Crippen LogP contribution is 2.22. The van der Waals surface area contributed by atoms with E-state index in [-0.39, 0.29) is 5.91 Å². The zero-order chi connectivity index (χ0) is 20.1. The molecular formula is C23H32N4O2. The van der Waals surface area contributed by atoms with E-state index in [9.17, 15) is 4.79 Å². The van der Waals surface area contributed by atoms with E-state index < -0.39 is 0 Å². The summed E-state index contributed by atoms with van der Waals surface area (Å²) in [6, 6.07) is 9.12. The Kier molecular flexibility index (Phi) is 6.62. The van der Waals surface area contributed by atoms with Gasteiger partial charge in [0, 0.05) is 45.1 Å². The van der Waals surface area contributed by atoms with E-state index in [2.05, 4.69) is 34.1 Å². The van der Waals surface area contributed by atoms with Crippen LogP contribution in [0.3, 0.4) is 0 Å². The van der Waals surface area contributed by atoms with Crippen LogP contribution >= 0.6 is 0 Å². The number of benzene rings is 1. The quantitative estimate of drug-likeness (QED) is 0.753. The molecular weight excluding hydrogens is 364 g/mol. The molecule has 0 spiro atoms. The topological polar surface area (TPSA) is 50.6 Å². The van der Waals surface area contributed by atoms with Crippen LogP contribution < -0.4 is 0 Å². The highest BCUT2D eigenvalue weighted by Gasteiger charge is 2.23. The molecule has 2 saturated heterocycles. The molecule has 156 valence electrons. The molecule has 0 atom stereocenters. The molecule has 2 fully saturated rings. The average Bonchev–Trinajstić information content (AvgIpc) is 3.15. The number of piperidine rings is 1. The second kappa shape index (κ2) is 9.55. The van der Waals surface area contributed by atoms with Crippen LogP contribution in [-0.4, -0.2) is 64.7 Å². The van der Waals surface area contributed by atoms with Gasteiger partial charge in [-0.15, -0.1) is 0 Å². The molecule has 0 aliphatic carbocycles. The minimum atomic E-state index is 0.206. The number of aromatic nitrogens is 2. The van der Waals surface area contributed by atoms with Crippen molar-refractivity contribution in [3.63, 3.8) is 0 Å². The number of amides is 1. The van der Waals surface area contributed by atoms with E-state index in [1.165, 1.54) is 11.1 Å². The van der Waals surface area contributed by atoms with Gasteiger partial charge in [0.2, 0.25) is 5.91 Å². The van der Waals surface area contributed by atoms with Crippen molar-refractivity contribution in [3.8, 4) is 0 Å². The molecule has 29 heavy (non-hydrogen) atoms. The van der Waals surface area contributed by atoms with Crippen LogP contribution in [-0.2, 0) is 29.0 Å². The Morgan fingerprint density at radius 2 is 1.76 bits per heavy atom. The SMILES string of the molecule is Cc1nccn1CC(=O)N1CCC(Cc2ccc(CN3CCOCC3)cc2)CC1. The number of hydrogen-bond acceptors (Lipinski definition) is 4. The Balaban J connectivity index is 1.22. The Labute approximate surface area is 173 Å². The first-order chi connectivity index (χ1) is 14.2. The van der Waals surface area contributed by atoms with E-state index in [1.54, 1.807) is 6.20 Å².